The van der Waals surface area contributed by atoms with Crippen LogP contribution in [0, 0.1) is 6.57 Å². The maximum Gasteiger partial charge on any atom is 0.573 e. The lowest BCUT2D eigenvalue weighted by atomic mass is 10.0. The zero-order chi connectivity index (χ0) is 31.3. The van der Waals surface area contributed by atoms with Crippen LogP contribution in [-0.4, -0.2) is 28.1 Å². The van der Waals surface area contributed by atoms with Crippen LogP contribution < -0.4 is 14.4 Å². The molecule has 42 heavy (non-hydrogen) atoms. The summed E-state index contributed by atoms with van der Waals surface area (Å²) in [5.74, 6) is -0.885. The van der Waals surface area contributed by atoms with Gasteiger partial charge in [0.15, 0.2) is 8.32 Å². The molecule has 2 heterocycles. The van der Waals surface area contributed by atoms with Crippen LogP contribution >= 0.6 is 0 Å². The van der Waals surface area contributed by atoms with Crippen LogP contribution in [-0.2, 0) is 32.9 Å². The summed E-state index contributed by atoms with van der Waals surface area (Å²) in [4.78, 5) is 6.89. The fraction of sp³-hybridized carbons (Fsp3) is 0.308. The lowest BCUT2D eigenvalue weighted by Gasteiger charge is -2.29. The second-order valence-corrected chi connectivity index (χ2v) is 16.7. The van der Waals surface area contributed by atoms with Crippen molar-refractivity contribution in [3.05, 3.63) is 82.8 Å². The number of alkyl halides is 6. The molecule has 1 atom stereocenters. The van der Waals surface area contributed by atoms with Gasteiger partial charge in [0, 0.05) is 12.5 Å². The van der Waals surface area contributed by atoms with E-state index in [9.17, 15) is 34.8 Å². The monoisotopic (exact) mass is 630 g/mol. The molecule has 0 saturated carbocycles. The van der Waals surface area contributed by atoms with Crippen molar-refractivity contribution >= 4 is 35.5 Å². The summed E-state index contributed by atoms with van der Waals surface area (Å²) in [6, 6.07) is 9.59. The number of hydrogen-bond donors (Lipinski definition) is 1. The third kappa shape index (κ3) is 6.63. The van der Waals surface area contributed by atoms with E-state index in [1.807, 2.05) is 19.6 Å². The molecular weight excluding hydrogens is 606 g/mol. The van der Waals surface area contributed by atoms with E-state index in [1.54, 1.807) is 0 Å². The zero-order valence-corrected chi connectivity index (χ0v) is 24.4. The maximum atomic E-state index is 13.9. The van der Waals surface area contributed by atoms with Crippen LogP contribution in [0.25, 0.3) is 4.85 Å². The molecule has 1 N–H and O–H groups in total. The van der Waals surface area contributed by atoms with Gasteiger partial charge in [-0.25, -0.2) is 20.0 Å². The molecule has 1 aliphatic heterocycles. The number of anilines is 3. The molecule has 224 valence electrons. The number of ether oxygens (including phenoxy) is 1. The minimum absolute atomic E-state index is 0.0382. The first-order chi connectivity index (χ1) is 19.2. The first-order valence-electron chi connectivity index (χ1n) is 12.2. The number of pyridine rings is 1. The van der Waals surface area contributed by atoms with E-state index < -0.39 is 59.5 Å². The van der Waals surface area contributed by atoms with Crippen molar-refractivity contribution in [1.82, 2.24) is 4.98 Å². The highest BCUT2D eigenvalue weighted by atomic mass is 32.2. The van der Waals surface area contributed by atoms with Crippen LogP contribution in [0.3, 0.4) is 0 Å². The molecule has 0 spiro atoms. The number of hydrogen-bond acceptors (Lipinski definition) is 6. The van der Waals surface area contributed by atoms with Crippen molar-refractivity contribution in [3.8, 4) is 5.75 Å². The number of sulfonamides is 1. The number of aromatic nitrogens is 1. The summed E-state index contributed by atoms with van der Waals surface area (Å²) in [5.41, 5.74) is -2.33. The third-order valence-corrected chi connectivity index (χ3v) is 8.79. The quantitative estimate of drug-likeness (QED) is 0.174. The molecule has 4 rings (SSSR count). The van der Waals surface area contributed by atoms with Crippen molar-refractivity contribution in [2.75, 3.05) is 9.62 Å². The fourth-order valence-electron chi connectivity index (χ4n) is 4.28. The number of halogens is 6. The topological polar surface area (TPSA) is 85.1 Å². The van der Waals surface area contributed by atoms with E-state index in [1.165, 1.54) is 25.1 Å². The van der Waals surface area contributed by atoms with Gasteiger partial charge in [-0.05, 0) is 68.2 Å². The largest absolute Gasteiger partial charge is 0.573 e. The first-order valence-corrected chi connectivity index (χ1v) is 17.0. The molecule has 1 aromatic heterocycles. The molecule has 0 aliphatic carbocycles. The third-order valence-electron chi connectivity index (χ3n) is 6.00. The number of fused-ring (bicyclic) bond motifs is 2. The van der Waals surface area contributed by atoms with Gasteiger partial charge < -0.3 is 14.5 Å². The number of rotatable bonds is 6. The molecule has 8 nitrogen and oxygen atoms in total. The molecular formula is C26H24F6N4O4SSi. The van der Waals surface area contributed by atoms with Gasteiger partial charge in [-0.15, -0.1) is 13.2 Å². The summed E-state index contributed by atoms with van der Waals surface area (Å²) in [7, 11) is -6.86. The average Bonchev–Trinajstić information content (AvgIpc) is 3.02. The Morgan fingerprint density at radius 1 is 1.00 bits per heavy atom. The minimum Gasteiger partial charge on any atom is -0.406 e. The van der Waals surface area contributed by atoms with Crippen LogP contribution in [0.4, 0.5) is 43.5 Å². The van der Waals surface area contributed by atoms with Crippen molar-refractivity contribution in [2.45, 2.75) is 56.3 Å². The molecule has 0 radical (unpaired) electrons. The van der Waals surface area contributed by atoms with Gasteiger partial charge >= 0.3 is 18.3 Å². The van der Waals surface area contributed by atoms with Crippen molar-refractivity contribution in [2.24, 2.45) is 0 Å². The highest BCUT2D eigenvalue weighted by Gasteiger charge is 2.41. The van der Waals surface area contributed by atoms with Crippen molar-refractivity contribution < 1.29 is 43.9 Å². The predicted molar refractivity (Wildman–Crippen MR) is 144 cm³/mol. The van der Waals surface area contributed by atoms with Crippen LogP contribution in [0.2, 0.25) is 19.6 Å². The molecule has 1 unspecified atom stereocenters. The summed E-state index contributed by atoms with van der Waals surface area (Å²) >= 11 is 0. The number of benzene rings is 2. The van der Waals surface area contributed by atoms with Gasteiger partial charge in [-0.3, -0.25) is 9.15 Å². The molecule has 1 aliphatic rings. The van der Waals surface area contributed by atoms with Crippen LogP contribution in [0.15, 0.2) is 59.5 Å². The van der Waals surface area contributed by atoms with E-state index in [4.69, 9.17) is 11.0 Å². The summed E-state index contributed by atoms with van der Waals surface area (Å²) in [6.07, 6.45) is -9.76. The van der Waals surface area contributed by atoms with Crippen LogP contribution in [0.5, 0.6) is 5.75 Å². The Morgan fingerprint density at radius 2 is 1.64 bits per heavy atom. The Balaban J connectivity index is 1.89. The van der Waals surface area contributed by atoms with Gasteiger partial charge in [0.2, 0.25) is 0 Å². The van der Waals surface area contributed by atoms with Crippen molar-refractivity contribution in [1.29, 1.82) is 0 Å². The Labute approximate surface area is 238 Å². The standard InChI is InChI=1S/C26H24F6N4O4SSi/c1-24(33-2,40-42(3,4)5)17-7-12-20-21(14-17)36(15-16-6-13-22(25(27,28)29)35-23(16)34-20)41(37,38)19-10-8-18(9-11-19)39-26(30,31)32/h6-14H,15H2,1,3-5H3,(H,34,35). The molecule has 16 heteroatoms. The predicted octanol–water partition coefficient (Wildman–Crippen LogP) is 7.39. The highest BCUT2D eigenvalue weighted by molar-refractivity contribution is 7.92. The number of nitrogens with zero attached hydrogens (tertiary/aromatic N) is 3. The lowest BCUT2D eigenvalue weighted by molar-refractivity contribution is -0.274. The van der Waals surface area contributed by atoms with E-state index in [2.05, 4.69) is 19.9 Å². The number of nitrogens with one attached hydrogen (secondary N) is 1. The van der Waals surface area contributed by atoms with Crippen molar-refractivity contribution in [3.63, 3.8) is 0 Å². The average molecular weight is 631 g/mol. The Hall–Kier alpha value is -3.81. The van der Waals surface area contributed by atoms with E-state index in [-0.39, 0.29) is 28.3 Å². The SMILES string of the molecule is [C-]#[N+]C(C)(O[Si](C)(C)C)c1ccc2c(c1)N(S(=O)(=O)c1ccc(OC(F)(F)F)cc1)Cc1ccc(C(F)(F)F)nc1N2. The summed E-state index contributed by atoms with van der Waals surface area (Å²) in [6.45, 7) is 14.4. The molecule has 0 saturated heterocycles. The van der Waals surface area contributed by atoms with E-state index in [0.29, 0.717) is 6.07 Å². The Morgan fingerprint density at radius 3 is 2.19 bits per heavy atom. The first kappa shape index (κ1) is 31.1. The van der Waals surface area contributed by atoms with E-state index >= 15 is 0 Å². The minimum atomic E-state index is -4.99. The smallest absolute Gasteiger partial charge is 0.406 e. The van der Waals surface area contributed by atoms with Gasteiger partial charge in [-0.1, -0.05) is 6.07 Å². The normalized spacial score (nSPS) is 15.4. The highest BCUT2D eigenvalue weighted by Crippen LogP contribution is 2.43. The second kappa shape index (κ2) is 10.5. The Kier molecular flexibility index (Phi) is 7.76. The second-order valence-electron chi connectivity index (χ2n) is 10.4. The van der Waals surface area contributed by atoms with Gasteiger partial charge in [0.05, 0.1) is 28.4 Å². The fourth-order valence-corrected chi connectivity index (χ4v) is 7.09. The van der Waals surface area contributed by atoms with E-state index in [0.717, 1.165) is 34.6 Å². The van der Waals surface area contributed by atoms with Gasteiger partial charge in [-0.2, -0.15) is 13.2 Å². The molecule has 3 aromatic rings. The Bertz CT molecular complexity index is 1650. The zero-order valence-electron chi connectivity index (χ0n) is 22.6. The molecule has 0 amide bonds. The molecule has 0 bridgehead atoms. The van der Waals surface area contributed by atoms with Gasteiger partial charge in [0.25, 0.3) is 10.0 Å². The molecule has 0 fully saturated rings. The summed E-state index contributed by atoms with van der Waals surface area (Å²) in [5, 5.41) is 2.78. The summed E-state index contributed by atoms with van der Waals surface area (Å²) < 4.78 is 117. The van der Waals surface area contributed by atoms with Gasteiger partial charge in [0.1, 0.15) is 17.3 Å². The van der Waals surface area contributed by atoms with Crippen LogP contribution in [0.1, 0.15) is 23.7 Å². The lowest BCUT2D eigenvalue weighted by Crippen LogP contribution is -2.37. The maximum absolute atomic E-state index is 13.9. The molecule has 2 aromatic carbocycles.